The van der Waals surface area contributed by atoms with Crippen LogP contribution in [0.25, 0.3) is 16.9 Å². The average molecular weight is 361 g/mol. The normalized spacial score (nSPS) is 11.1. The Morgan fingerprint density at radius 1 is 1.07 bits per heavy atom. The van der Waals surface area contributed by atoms with Crippen molar-refractivity contribution in [3.63, 3.8) is 0 Å². The zero-order valence-corrected chi connectivity index (χ0v) is 15.4. The highest BCUT2D eigenvalue weighted by Gasteiger charge is 2.19. The van der Waals surface area contributed by atoms with Gasteiger partial charge in [0.25, 0.3) is 0 Å². The Kier molecular flexibility index (Phi) is 4.19. The van der Waals surface area contributed by atoms with Gasteiger partial charge >= 0.3 is 0 Å². The van der Waals surface area contributed by atoms with Crippen molar-refractivity contribution in [2.24, 2.45) is 0 Å². The van der Waals surface area contributed by atoms with E-state index in [1.807, 2.05) is 50.2 Å². The van der Waals surface area contributed by atoms with E-state index < -0.39 is 0 Å². The van der Waals surface area contributed by atoms with Gasteiger partial charge in [-0.3, -0.25) is 10.1 Å². The number of aromatic nitrogens is 4. The van der Waals surface area contributed by atoms with E-state index in [9.17, 15) is 4.79 Å². The third kappa shape index (κ3) is 3.44. The van der Waals surface area contributed by atoms with Gasteiger partial charge in [-0.05, 0) is 32.9 Å². The molecule has 0 unspecified atom stereocenters. The molecule has 0 saturated heterocycles. The first-order chi connectivity index (χ1) is 13.0. The first-order valence-corrected chi connectivity index (χ1v) is 8.65. The smallest absolute Gasteiger partial charge is 0.232 e. The van der Waals surface area contributed by atoms with Crippen LogP contribution >= 0.6 is 0 Å². The molecule has 4 aromatic rings. The van der Waals surface area contributed by atoms with Gasteiger partial charge in [0.1, 0.15) is 0 Å². The quantitative estimate of drug-likeness (QED) is 0.601. The number of benzene rings is 1. The van der Waals surface area contributed by atoms with E-state index in [1.165, 1.54) is 0 Å². The van der Waals surface area contributed by atoms with E-state index in [-0.39, 0.29) is 12.3 Å². The molecule has 1 N–H and O–H groups in total. The molecular weight excluding hydrogens is 342 g/mol. The Labute approximate surface area is 156 Å². The van der Waals surface area contributed by atoms with Crippen LogP contribution in [0.15, 0.2) is 47.0 Å². The van der Waals surface area contributed by atoms with Crippen LogP contribution in [0.5, 0.6) is 0 Å². The number of rotatable bonds is 4. The topological polar surface area (TPSA) is 85.3 Å². The van der Waals surface area contributed by atoms with Crippen LogP contribution in [0.4, 0.5) is 5.88 Å². The zero-order chi connectivity index (χ0) is 19.0. The third-order valence-electron chi connectivity index (χ3n) is 4.25. The molecule has 4 rings (SSSR count). The van der Waals surface area contributed by atoms with Crippen molar-refractivity contribution < 1.29 is 9.32 Å². The van der Waals surface area contributed by atoms with Gasteiger partial charge < -0.3 is 4.52 Å². The highest BCUT2D eigenvalue weighted by molar-refractivity contribution is 5.92. The van der Waals surface area contributed by atoms with Crippen LogP contribution in [0.1, 0.15) is 22.6 Å². The number of carbonyl (C=O) groups excluding carboxylic acids is 1. The molecule has 0 saturated carbocycles. The Hall–Kier alpha value is -3.48. The van der Waals surface area contributed by atoms with Crippen molar-refractivity contribution in [3.05, 3.63) is 65.1 Å². The minimum absolute atomic E-state index is 0.112. The summed E-state index contributed by atoms with van der Waals surface area (Å²) in [6.07, 6.45) is 0.112. The van der Waals surface area contributed by atoms with Gasteiger partial charge in [-0.15, -0.1) is 0 Å². The minimum Gasteiger partial charge on any atom is -0.338 e. The molecule has 0 aliphatic carbocycles. The number of fused-ring (bicyclic) bond motifs is 1. The fourth-order valence-electron chi connectivity index (χ4n) is 2.93. The average Bonchev–Trinajstić information content (AvgIpc) is 3.19. The molecule has 0 radical (unpaired) electrons. The summed E-state index contributed by atoms with van der Waals surface area (Å²) in [7, 11) is 0. The fraction of sp³-hybridized carbons (Fsp3) is 0.200. The number of aryl methyl sites for hydroxylation is 3. The molecule has 136 valence electrons. The van der Waals surface area contributed by atoms with Crippen LogP contribution < -0.4 is 5.32 Å². The Morgan fingerprint density at radius 2 is 1.85 bits per heavy atom. The molecule has 0 atom stereocenters. The van der Waals surface area contributed by atoms with Crippen LogP contribution in [0, 0.1) is 20.8 Å². The molecule has 7 heteroatoms. The van der Waals surface area contributed by atoms with Gasteiger partial charge in [-0.25, -0.2) is 9.50 Å². The highest BCUT2D eigenvalue weighted by atomic mass is 16.5. The maximum atomic E-state index is 12.6. The summed E-state index contributed by atoms with van der Waals surface area (Å²) in [4.78, 5) is 17.3. The predicted octanol–water partition coefficient (Wildman–Crippen LogP) is 3.49. The summed E-state index contributed by atoms with van der Waals surface area (Å²) >= 11 is 0. The van der Waals surface area contributed by atoms with Crippen molar-refractivity contribution in [1.82, 2.24) is 19.8 Å². The van der Waals surface area contributed by atoms with Crippen molar-refractivity contribution in [2.75, 3.05) is 5.32 Å². The molecule has 0 bridgehead atoms. The zero-order valence-electron chi connectivity index (χ0n) is 15.4. The fourth-order valence-corrected chi connectivity index (χ4v) is 2.93. The van der Waals surface area contributed by atoms with Crippen molar-refractivity contribution in [1.29, 1.82) is 0 Å². The second-order valence-corrected chi connectivity index (χ2v) is 6.58. The number of nitrogens with zero attached hydrogens (tertiary/aromatic N) is 4. The Morgan fingerprint density at radius 3 is 2.56 bits per heavy atom. The largest absolute Gasteiger partial charge is 0.338 e. The molecule has 7 nitrogen and oxygen atoms in total. The van der Waals surface area contributed by atoms with Gasteiger partial charge in [0.2, 0.25) is 11.8 Å². The van der Waals surface area contributed by atoms with E-state index in [2.05, 4.69) is 15.6 Å². The van der Waals surface area contributed by atoms with Crippen molar-refractivity contribution in [3.8, 4) is 11.3 Å². The van der Waals surface area contributed by atoms with Crippen LogP contribution in [-0.2, 0) is 11.2 Å². The van der Waals surface area contributed by atoms with E-state index in [1.54, 1.807) is 17.5 Å². The monoisotopic (exact) mass is 361 g/mol. The molecule has 0 aliphatic heterocycles. The molecule has 0 aliphatic rings. The SMILES string of the molecule is Cc1ccc(-c2nc3ccc(C)nn3c2CC(=O)Nc2cc(C)no2)cc1. The molecule has 3 aromatic heterocycles. The molecule has 27 heavy (non-hydrogen) atoms. The lowest BCUT2D eigenvalue weighted by Gasteiger charge is -2.05. The van der Waals surface area contributed by atoms with Crippen LogP contribution in [0.3, 0.4) is 0 Å². The van der Waals surface area contributed by atoms with E-state index in [0.29, 0.717) is 17.2 Å². The summed E-state index contributed by atoms with van der Waals surface area (Å²) in [5, 5.41) is 11.1. The lowest BCUT2D eigenvalue weighted by molar-refractivity contribution is -0.115. The van der Waals surface area contributed by atoms with Crippen LogP contribution in [-0.4, -0.2) is 25.7 Å². The predicted molar refractivity (Wildman–Crippen MR) is 101 cm³/mol. The van der Waals surface area contributed by atoms with E-state index in [4.69, 9.17) is 9.51 Å². The molecule has 0 fully saturated rings. The summed E-state index contributed by atoms with van der Waals surface area (Å²) in [5.41, 5.74) is 5.84. The number of imidazole rings is 1. The molecule has 3 heterocycles. The molecule has 1 amide bonds. The lowest BCUT2D eigenvalue weighted by Crippen LogP contribution is -2.16. The molecule has 1 aromatic carbocycles. The number of carbonyl (C=O) groups is 1. The number of hydrogen-bond acceptors (Lipinski definition) is 5. The summed E-state index contributed by atoms with van der Waals surface area (Å²) in [6.45, 7) is 5.74. The number of amides is 1. The number of hydrogen-bond donors (Lipinski definition) is 1. The number of nitrogens with one attached hydrogen (secondary N) is 1. The maximum absolute atomic E-state index is 12.6. The lowest BCUT2D eigenvalue weighted by atomic mass is 10.1. The van der Waals surface area contributed by atoms with E-state index >= 15 is 0 Å². The maximum Gasteiger partial charge on any atom is 0.232 e. The highest BCUT2D eigenvalue weighted by Crippen LogP contribution is 2.25. The standard InChI is InChI=1S/C20H19N5O2/c1-12-4-7-15(8-5-12)20-16(25-17(21-20)9-6-13(2)23-25)11-18(26)22-19-10-14(3)24-27-19/h4-10H,11H2,1-3H3,(H,22,26). The summed E-state index contributed by atoms with van der Waals surface area (Å²) in [5.74, 6) is 0.108. The Bertz CT molecular complexity index is 1130. The molecular formula is C20H19N5O2. The summed E-state index contributed by atoms with van der Waals surface area (Å²) in [6, 6.07) is 13.5. The van der Waals surface area contributed by atoms with Gasteiger partial charge in [-0.1, -0.05) is 35.0 Å². The first kappa shape index (κ1) is 17.0. The van der Waals surface area contributed by atoms with Gasteiger partial charge in [0.05, 0.1) is 29.2 Å². The minimum atomic E-state index is -0.218. The van der Waals surface area contributed by atoms with Gasteiger partial charge in [0.15, 0.2) is 5.65 Å². The third-order valence-corrected chi connectivity index (χ3v) is 4.25. The van der Waals surface area contributed by atoms with Crippen molar-refractivity contribution >= 4 is 17.4 Å². The Balaban J connectivity index is 1.74. The van der Waals surface area contributed by atoms with Crippen LogP contribution in [0.2, 0.25) is 0 Å². The van der Waals surface area contributed by atoms with Crippen molar-refractivity contribution in [2.45, 2.75) is 27.2 Å². The second kappa shape index (κ2) is 6.68. The molecule has 0 spiro atoms. The summed E-state index contributed by atoms with van der Waals surface area (Å²) < 4.78 is 6.80. The van der Waals surface area contributed by atoms with E-state index in [0.717, 1.165) is 28.2 Å². The first-order valence-electron chi connectivity index (χ1n) is 8.65. The number of anilines is 1. The second-order valence-electron chi connectivity index (χ2n) is 6.58. The van der Waals surface area contributed by atoms with Gasteiger partial charge in [-0.2, -0.15) is 5.10 Å². The van der Waals surface area contributed by atoms with Gasteiger partial charge in [0, 0.05) is 11.6 Å².